The SMILES string of the molecule is N#CCc1ccc(NS(=O)(=O)c2ccc(Br)cc2OC(F)(F)F)cc1. The van der Waals surface area contributed by atoms with E-state index in [0.29, 0.717) is 5.56 Å². The largest absolute Gasteiger partial charge is 0.573 e. The Hall–Kier alpha value is -2.25. The molecule has 25 heavy (non-hydrogen) atoms. The predicted molar refractivity (Wildman–Crippen MR) is 87.4 cm³/mol. The third kappa shape index (κ3) is 5.37. The van der Waals surface area contributed by atoms with Crippen molar-refractivity contribution < 1.29 is 26.3 Å². The van der Waals surface area contributed by atoms with Crippen LogP contribution in [0.1, 0.15) is 5.56 Å². The van der Waals surface area contributed by atoms with E-state index in [1.54, 1.807) is 0 Å². The number of sulfonamides is 1. The van der Waals surface area contributed by atoms with Crippen molar-refractivity contribution in [1.29, 1.82) is 5.26 Å². The number of hydrogen-bond donors (Lipinski definition) is 1. The average molecular weight is 435 g/mol. The predicted octanol–water partition coefficient (Wildman–Crippen LogP) is 4.21. The molecule has 0 spiro atoms. The molecule has 0 aliphatic heterocycles. The molecular weight excluding hydrogens is 425 g/mol. The number of anilines is 1. The summed E-state index contributed by atoms with van der Waals surface area (Å²) < 4.78 is 68.5. The highest BCUT2D eigenvalue weighted by Crippen LogP contribution is 2.33. The topological polar surface area (TPSA) is 79.2 Å². The highest BCUT2D eigenvalue weighted by molar-refractivity contribution is 9.10. The Bertz CT molecular complexity index is 907. The van der Waals surface area contributed by atoms with E-state index in [9.17, 15) is 21.6 Å². The van der Waals surface area contributed by atoms with Gasteiger partial charge in [-0.05, 0) is 35.9 Å². The lowest BCUT2D eigenvalue weighted by Crippen LogP contribution is -2.21. The quantitative estimate of drug-likeness (QED) is 0.763. The third-order valence-electron chi connectivity index (χ3n) is 2.91. The van der Waals surface area contributed by atoms with Gasteiger partial charge in [-0.15, -0.1) is 13.2 Å². The summed E-state index contributed by atoms with van der Waals surface area (Å²) in [6, 6.07) is 11.0. The van der Waals surface area contributed by atoms with Gasteiger partial charge in [-0.3, -0.25) is 4.72 Å². The van der Waals surface area contributed by atoms with Crippen molar-refractivity contribution in [3.63, 3.8) is 0 Å². The molecule has 0 fully saturated rings. The minimum absolute atomic E-state index is 0.141. The Morgan fingerprint density at radius 3 is 2.36 bits per heavy atom. The fraction of sp³-hybridized carbons (Fsp3) is 0.133. The number of nitriles is 1. The number of ether oxygens (including phenoxy) is 1. The number of nitrogens with zero attached hydrogens (tertiary/aromatic N) is 1. The van der Waals surface area contributed by atoms with Crippen molar-refractivity contribution >= 4 is 31.6 Å². The molecule has 132 valence electrons. The minimum atomic E-state index is -5.04. The second-order valence-electron chi connectivity index (χ2n) is 4.78. The molecule has 0 heterocycles. The Labute approximate surface area is 150 Å². The van der Waals surface area contributed by atoms with Gasteiger partial charge in [0.25, 0.3) is 10.0 Å². The first-order valence-corrected chi connectivity index (χ1v) is 8.92. The summed E-state index contributed by atoms with van der Waals surface area (Å²) in [5, 5.41) is 8.60. The lowest BCUT2D eigenvalue weighted by Gasteiger charge is -2.15. The van der Waals surface area contributed by atoms with E-state index >= 15 is 0 Å². The number of benzene rings is 2. The summed E-state index contributed by atoms with van der Waals surface area (Å²) in [6.07, 6.45) is -4.88. The van der Waals surface area contributed by atoms with Crippen LogP contribution in [-0.4, -0.2) is 14.8 Å². The lowest BCUT2D eigenvalue weighted by atomic mass is 10.1. The molecule has 0 amide bonds. The molecular formula is C15H10BrF3N2O3S. The molecule has 2 aromatic rings. The normalized spacial score (nSPS) is 11.6. The second kappa shape index (κ2) is 7.33. The number of alkyl halides is 3. The van der Waals surface area contributed by atoms with Gasteiger partial charge < -0.3 is 4.74 Å². The maximum Gasteiger partial charge on any atom is 0.573 e. The molecule has 0 saturated heterocycles. The maximum absolute atomic E-state index is 12.5. The molecule has 0 aliphatic rings. The molecule has 1 N–H and O–H groups in total. The van der Waals surface area contributed by atoms with Crippen LogP contribution in [0.5, 0.6) is 5.75 Å². The van der Waals surface area contributed by atoms with Gasteiger partial charge in [0, 0.05) is 10.2 Å². The van der Waals surface area contributed by atoms with Crippen LogP contribution in [0, 0.1) is 11.3 Å². The molecule has 0 atom stereocenters. The molecule has 0 unspecified atom stereocenters. The van der Waals surface area contributed by atoms with Crippen LogP contribution in [0.3, 0.4) is 0 Å². The van der Waals surface area contributed by atoms with Crippen LogP contribution in [0.25, 0.3) is 0 Å². The molecule has 2 rings (SSSR count). The molecule has 5 nitrogen and oxygen atoms in total. The van der Waals surface area contributed by atoms with Crippen molar-refractivity contribution in [2.75, 3.05) is 4.72 Å². The van der Waals surface area contributed by atoms with Crippen molar-refractivity contribution in [3.05, 3.63) is 52.5 Å². The zero-order chi connectivity index (χ0) is 18.7. The Morgan fingerprint density at radius 2 is 1.80 bits per heavy atom. The van der Waals surface area contributed by atoms with Gasteiger partial charge in [0.2, 0.25) is 0 Å². The molecule has 0 aliphatic carbocycles. The van der Waals surface area contributed by atoms with Crippen LogP contribution >= 0.6 is 15.9 Å². The Balaban J connectivity index is 2.34. The fourth-order valence-electron chi connectivity index (χ4n) is 1.90. The Morgan fingerprint density at radius 1 is 1.16 bits per heavy atom. The first kappa shape index (κ1) is 19.1. The van der Waals surface area contributed by atoms with Gasteiger partial charge in [0.05, 0.1) is 12.5 Å². The van der Waals surface area contributed by atoms with Crippen LogP contribution in [0.15, 0.2) is 51.8 Å². The molecule has 2 aromatic carbocycles. The van der Waals surface area contributed by atoms with E-state index in [-0.39, 0.29) is 16.6 Å². The van der Waals surface area contributed by atoms with Crippen LogP contribution in [0.2, 0.25) is 0 Å². The molecule has 0 saturated carbocycles. The summed E-state index contributed by atoms with van der Waals surface area (Å²) in [5.74, 6) is -0.851. The summed E-state index contributed by atoms with van der Waals surface area (Å²) in [6.45, 7) is 0. The van der Waals surface area contributed by atoms with E-state index in [1.165, 1.54) is 30.3 Å². The first-order valence-electron chi connectivity index (χ1n) is 6.65. The number of halogens is 4. The smallest absolute Gasteiger partial charge is 0.404 e. The molecule has 0 aromatic heterocycles. The van der Waals surface area contributed by atoms with Gasteiger partial charge >= 0.3 is 6.36 Å². The minimum Gasteiger partial charge on any atom is -0.404 e. The van der Waals surface area contributed by atoms with Crippen molar-refractivity contribution in [2.24, 2.45) is 0 Å². The van der Waals surface area contributed by atoms with Crippen LogP contribution in [-0.2, 0) is 16.4 Å². The van der Waals surface area contributed by atoms with Gasteiger partial charge in [0.15, 0.2) is 5.75 Å². The first-order chi connectivity index (χ1) is 11.6. The summed E-state index contributed by atoms with van der Waals surface area (Å²) in [4.78, 5) is -0.658. The molecule has 0 bridgehead atoms. The standard InChI is InChI=1S/C15H10BrF3N2O3S/c16-11-3-6-14(13(9-11)24-15(17,18)19)25(22,23)21-12-4-1-10(2-5-12)7-8-20/h1-6,9,21H,7H2. The zero-order valence-electron chi connectivity index (χ0n) is 12.3. The second-order valence-corrected chi connectivity index (χ2v) is 7.34. The van der Waals surface area contributed by atoms with Crippen molar-refractivity contribution in [1.82, 2.24) is 0 Å². The number of hydrogen-bond acceptors (Lipinski definition) is 4. The summed E-state index contributed by atoms with van der Waals surface area (Å²) in [5.41, 5.74) is 0.817. The van der Waals surface area contributed by atoms with E-state index in [0.717, 1.165) is 12.1 Å². The number of rotatable bonds is 5. The maximum atomic E-state index is 12.5. The van der Waals surface area contributed by atoms with E-state index in [4.69, 9.17) is 5.26 Å². The zero-order valence-corrected chi connectivity index (χ0v) is 14.7. The van der Waals surface area contributed by atoms with Gasteiger partial charge in [0.1, 0.15) is 4.90 Å². The number of nitrogens with one attached hydrogen (secondary N) is 1. The lowest BCUT2D eigenvalue weighted by molar-refractivity contribution is -0.275. The highest BCUT2D eigenvalue weighted by Gasteiger charge is 2.34. The van der Waals surface area contributed by atoms with Crippen LogP contribution < -0.4 is 9.46 Å². The van der Waals surface area contributed by atoms with Crippen molar-refractivity contribution in [3.8, 4) is 11.8 Å². The molecule has 0 radical (unpaired) electrons. The summed E-state index contributed by atoms with van der Waals surface area (Å²) in [7, 11) is -4.32. The van der Waals surface area contributed by atoms with Gasteiger partial charge in [-0.25, -0.2) is 8.42 Å². The van der Waals surface area contributed by atoms with Crippen LogP contribution in [0.4, 0.5) is 18.9 Å². The van der Waals surface area contributed by atoms with E-state index in [1.807, 2.05) is 6.07 Å². The highest BCUT2D eigenvalue weighted by atomic mass is 79.9. The third-order valence-corrected chi connectivity index (χ3v) is 4.82. The fourth-order valence-corrected chi connectivity index (χ4v) is 3.41. The molecule has 10 heteroatoms. The summed E-state index contributed by atoms with van der Waals surface area (Å²) >= 11 is 2.97. The Kier molecular flexibility index (Phi) is 5.59. The monoisotopic (exact) mass is 434 g/mol. The van der Waals surface area contributed by atoms with Crippen molar-refractivity contribution in [2.45, 2.75) is 17.7 Å². The van der Waals surface area contributed by atoms with E-state index in [2.05, 4.69) is 25.4 Å². The van der Waals surface area contributed by atoms with Gasteiger partial charge in [-0.2, -0.15) is 5.26 Å². The van der Waals surface area contributed by atoms with Gasteiger partial charge in [-0.1, -0.05) is 28.1 Å². The van der Waals surface area contributed by atoms with E-state index < -0.39 is 27.0 Å². The average Bonchev–Trinajstić information content (AvgIpc) is 2.47.